The van der Waals surface area contributed by atoms with Gasteiger partial charge < -0.3 is 0 Å². The summed E-state index contributed by atoms with van der Waals surface area (Å²) in [7, 11) is 0.446. The van der Waals surface area contributed by atoms with E-state index in [-0.39, 0.29) is 33.5 Å². The van der Waals surface area contributed by atoms with E-state index in [1.807, 2.05) is 0 Å². The predicted octanol–water partition coefficient (Wildman–Crippen LogP) is 2.95. The molecule has 0 bridgehead atoms. The molecule has 0 nitrogen and oxygen atoms in total. The molecule has 0 radical (unpaired) electrons. The molecule has 0 N–H and O–H groups in total. The normalized spacial score (nSPS) is 8.00. The summed E-state index contributed by atoms with van der Waals surface area (Å²) in [6.07, 6.45) is 4.26. The van der Waals surface area contributed by atoms with Gasteiger partial charge in [-0.2, -0.15) is 0 Å². The minimum Gasteiger partial charge on any atom is -0.147 e. The van der Waals surface area contributed by atoms with Gasteiger partial charge in [0.15, 0.2) is 0 Å². The first-order valence-corrected chi connectivity index (χ1v) is 4.97. The van der Waals surface area contributed by atoms with E-state index in [0.717, 1.165) is 0 Å². The quantitative estimate of drug-likeness (QED) is 0.687. The smallest absolute Gasteiger partial charge is 0 e. The van der Waals surface area contributed by atoms with Gasteiger partial charge in [-0.15, -0.1) is 20.3 Å². The van der Waals surface area contributed by atoms with Crippen LogP contribution in [0.5, 0.6) is 0 Å². The molecule has 0 aromatic rings. The molecule has 0 saturated carbocycles. The van der Waals surface area contributed by atoms with Crippen LogP contribution >= 0.6 is 20.3 Å². The second kappa shape index (κ2) is 12.1. The maximum absolute atomic E-state index is 2.29. The first-order valence-electron chi connectivity index (χ1n) is 3.07. The van der Waals surface area contributed by atoms with E-state index in [9.17, 15) is 0 Å². The molecule has 0 spiro atoms. The van der Waals surface area contributed by atoms with Crippen LogP contribution in [0.15, 0.2) is 0 Å². The third kappa shape index (κ3) is 9.41. The fourth-order valence-corrected chi connectivity index (χ4v) is 2.01. The Morgan fingerprint density at radius 2 is 1.11 bits per heavy atom. The molecule has 0 fully saturated rings. The first kappa shape index (κ1) is 16.8. The molecule has 0 atom stereocenters. The van der Waals surface area contributed by atoms with Crippen LogP contribution in [-0.2, 0) is 21.1 Å². The van der Waals surface area contributed by atoms with Crippen molar-refractivity contribution >= 4 is 20.3 Å². The Morgan fingerprint density at radius 1 is 0.889 bits per heavy atom. The van der Waals surface area contributed by atoms with E-state index >= 15 is 0 Å². The van der Waals surface area contributed by atoms with Gasteiger partial charge in [-0.05, 0) is 18.5 Å². The molecule has 0 aliphatic heterocycles. The molecular formula is C6H16ClPPt. The van der Waals surface area contributed by atoms with Crippen molar-refractivity contribution in [2.75, 3.05) is 18.5 Å². The fraction of sp³-hybridized carbons (Fsp3) is 1.00. The fourth-order valence-electron chi connectivity index (χ4n) is 0.671. The minimum atomic E-state index is 0. The molecule has 0 amide bonds. The van der Waals surface area contributed by atoms with E-state index in [1.165, 1.54) is 18.5 Å². The van der Waals surface area contributed by atoms with Gasteiger partial charge in [0, 0.05) is 21.1 Å². The van der Waals surface area contributed by atoms with Crippen LogP contribution < -0.4 is 0 Å². The molecule has 0 aliphatic carbocycles. The summed E-state index contributed by atoms with van der Waals surface area (Å²) in [4.78, 5) is 0. The average molecular weight is 350 g/mol. The average Bonchev–Trinajstić information content (AvgIpc) is 1.72. The van der Waals surface area contributed by atoms with Crippen LogP contribution in [0.25, 0.3) is 0 Å². The van der Waals surface area contributed by atoms with Gasteiger partial charge in [-0.1, -0.05) is 20.8 Å². The third-order valence-electron chi connectivity index (χ3n) is 1.34. The van der Waals surface area contributed by atoms with Crippen LogP contribution in [-0.4, -0.2) is 18.5 Å². The number of halogens is 1. The summed E-state index contributed by atoms with van der Waals surface area (Å²) in [6, 6.07) is 0. The number of hydrogen-bond donors (Lipinski definition) is 0. The molecule has 3 heteroatoms. The van der Waals surface area contributed by atoms with Crippen LogP contribution in [0, 0.1) is 0 Å². The zero-order chi connectivity index (χ0) is 5.70. The Hall–Kier alpha value is 1.41. The molecule has 0 rings (SSSR count). The van der Waals surface area contributed by atoms with Crippen molar-refractivity contribution < 1.29 is 21.1 Å². The van der Waals surface area contributed by atoms with Crippen molar-refractivity contribution in [1.82, 2.24) is 0 Å². The zero-order valence-corrected chi connectivity index (χ0v) is 10.3. The van der Waals surface area contributed by atoms with Crippen molar-refractivity contribution in [3.8, 4) is 0 Å². The van der Waals surface area contributed by atoms with Gasteiger partial charge in [0.2, 0.25) is 0 Å². The molecular weight excluding hydrogens is 334 g/mol. The number of hydrogen-bond acceptors (Lipinski definition) is 0. The van der Waals surface area contributed by atoms with Crippen molar-refractivity contribution in [1.29, 1.82) is 0 Å². The Balaban J connectivity index is -0.000000180. The van der Waals surface area contributed by atoms with Crippen molar-refractivity contribution in [2.24, 2.45) is 0 Å². The molecule has 0 aromatic heterocycles. The second-order valence-electron chi connectivity index (χ2n) is 1.62. The molecule has 0 saturated heterocycles. The molecule has 0 aliphatic rings. The molecule has 0 unspecified atom stereocenters. The monoisotopic (exact) mass is 349 g/mol. The van der Waals surface area contributed by atoms with E-state index in [2.05, 4.69) is 20.8 Å². The molecule has 9 heavy (non-hydrogen) atoms. The largest absolute Gasteiger partial charge is 0.147 e. The van der Waals surface area contributed by atoms with Gasteiger partial charge in [0.05, 0.1) is 0 Å². The summed E-state index contributed by atoms with van der Waals surface area (Å²) < 4.78 is 0. The minimum absolute atomic E-state index is 0. The SMILES string of the molecule is CCP(CC)CC.Cl.[Pt]. The maximum atomic E-state index is 2.29. The van der Waals surface area contributed by atoms with Gasteiger partial charge in [-0.25, -0.2) is 0 Å². The molecule has 0 heterocycles. The summed E-state index contributed by atoms with van der Waals surface area (Å²) in [5.41, 5.74) is 0. The Kier molecular flexibility index (Phi) is 22.6. The van der Waals surface area contributed by atoms with Gasteiger partial charge >= 0.3 is 0 Å². The maximum Gasteiger partial charge on any atom is 0 e. The van der Waals surface area contributed by atoms with E-state index in [1.54, 1.807) is 0 Å². The van der Waals surface area contributed by atoms with Crippen LogP contribution in [0.3, 0.4) is 0 Å². The van der Waals surface area contributed by atoms with Crippen LogP contribution in [0.4, 0.5) is 0 Å². The summed E-state index contributed by atoms with van der Waals surface area (Å²) >= 11 is 0. The van der Waals surface area contributed by atoms with E-state index in [4.69, 9.17) is 0 Å². The van der Waals surface area contributed by atoms with E-state index in [0.29, 0.717) is 7.92 Å². The van der Waals surface area contributed by atoms with Crippen molar-refractivity contribution in [2.45, 2.75) is 20.8 Å². The molecule has 62 valence electrons. The Morgan fingerprint density at radius 3 is 1.11 bits per heavy atom. The van der Waals surface area contributed by atoms with E-state index < -0.39 is 0 Å². The van der Waals surface area contributed by atoms with Crippen molar-refractivity contribution in [3.63, 3.8) is 0 Å². The van der Waals surface area contributed by atoms with Gasteiger partial charge in [0.25, 0.3) is 0 Å². The second-order valence-corrected chi connectivity index (χ2v) is 4.86. The third-order valence-corrected chi connectivity index (χ3v) is 4.02. The Bertz CT molecular complexity index is 34.5. The number of rotatable bonds is 3. The topological polar surface area (TPSA) is 0 Å². The summed E-state index contributed by atoms with van der Waals surface area (Å²) in [5.74, 6) is 0. The zero-order valence-electron chi connectivity index (χ0n) is 6.29. The standard InChI is InChI=1S/C6H15P.ClH.Pt/c1-4-7(5-2)6-3;;/h4-6H2,1-3H3;1H;. The summed E-state index contributed by atoms with van der Waals surface area (Å²) in [6.45, 7) is 6.87. The Labute approximate surface area is 80.6 Å². The van der Waals surface area contributed by atoms with Crippen LogP contribution in [0.1, 0.15) is 20.8 Å². The molecule has 0 aromatic carbocycles. The van der Waals surface area contributed by atoms with Crippen LogP contribution in [0.2, 0.25) is 0 Å². The van der Waals surface area contributed by atoms with Gasteiger partial charge in [0.1, 0.15) is 0 Å². The van der Waals surface area contributed by atoms with Crippen molar-refractivity contribution in [3.05, 3.63) is 0 Å². The van der Waals surface area contributed by atoms with Gasteiger partial charge in [-0.3, -0.25) is 0 Å². The summed E-state index contributed by atoms with van der Waals surface area (Å²) in [5, 5.41) is 0. The predicted molar refractivity (Wildman–Crippen MR) is 45.8 cm³/mol. The first-order chi connectivity index (χ1) is 3.35.